The van der Waals surface area contributed by atoms with Crippen molar-refractivity contribution in [3.8, 4) is 11.5 Å². The van der Waals surface area contributed by atoms with Crippen LogP contribution >= 0.6 is 11.3 Å². The van der Waals surface area contributed by atoms with Crippen LogP contribution in [0.1, 0.15) is 18.1 Å². The Hall–Kier alpha value is -3.71. The first-order valence-corrected chi connectivity index (χ1v) is 11.0. The highest BCUT2D eigenvalue weighted by Crippen LogP contribution is 2.29. The van der Waals surface area contributed by atoms with Crippen molar-refractivity contribution in [2.75, 3.05) is 6.61 Å². The average molecular weight is 447 g/mol. The highest BCUT2D eigenvalue weighted by atomic mass is 32.1. The molecule has 0 unspecified atom stereocenters. The first kappa shape index (κ1) is 20.2. The van der Waals surface area contributed by atoms with Gasteiger partial charge in [0.25, 0.3) is 5.56 Å². The van der Waals surface area contributed by atoms with Crippen molar-refractivity contribution >= 4 is 33.4 Å². The summed E-state index contributed by atoms with van der Waals surface area (Å²) in [4.78, 5) is 18.2. The van der Waals surface area contributed by atoms with E-state index < -0.39 is 0 Å². The van der Waals surface area contributed by atoms with Crippen LogP contribution in [0.4, 0.5) is 4.39 Å². The Balaban J connectivity index is 1.48. The van der Waals surface area contributed by atoms with Crippen LogP contribution in [0.15, 0.2) is 71.5 Å². The van der Waals surface area contributed by atoms with Gasteiger partial charge in [-0.1, -0.05) is 41.7 Å². The predicted molar refractivity (Wildman–Crippen MR) is 124 cm³/mol. The largest absolute Gasteiger partial charge is 0.490 e. The van der Waals surface area contributed by atoms with E-state index in [0.717, 1.165) is 22.2 Å². The zero-order chi connectivity index (χ0) is 22.1. The minimum atomic E-state index is -0.282. The molecule has 0 aliphatic rings. The Kier molecular flexibility index (Phi) is 5.33. The molecule has 0 spiro atoms. The maximum absolute atomic E-state index is 13.1. The molecule has 0 amide bonds. The van der Waals surface area contributed by atoms with E-state index >= 15 is 0 Å². The van der Waals surface area contributed by atoms with Crippen molar-refractivity contribution in [1.29, 1.82) is 0 Å². The van der Waals surface area contributed by atoms with Gasteiger partial charge in [-0.15, -0.1) is 0 Å². The Bertz CT molecular complexity index is 1520. The normalized spacial score (nSPS) is 12.0. The summed E-state index contributed by atoms with van der Waals surface area (Å²) in [5.41, 5.74) is 3.21. The van der Waals surface area contributed by atoms with Gasteiger partial charge in [0.15, 0.2) is 16.5 Å². The third-order valence-electron chi connectivity index (χ3n) is 5.02. The van der Waals surface area contributed by atoms with Crippen LogP contribution < -0.4 is 19.6 Å². The van der Waals surface area contributed by atoms with Gasteiger partial charge in [0.1, 0.15) is 12.4 Å². The number of nitrogens with zero attached hydrogens (tertiary/aromatic N) is 2. The minimum Gasteiger partial charge on any atom is -0.490 e. The number of fused-ring (bicyclic) bond motifs is 3. The van der Waals surface area contributed by atoms with Crippen molar-refractivity contribution < 1.29 is 13.9 Å². The lowest BCUT2D eigenvalue weighted by Crippen LogP contribution is -2.22. The number of aromatic nitrogens is 2. The molecule has 0 N–H and O–H groups in total. The van der Waals surface area contributed by atoms with E-state index in [1.54, 1.807) is 16.5 Å². The molecule has 0 atom stereocenters. The van der Waals surface area contributed by atoms with E-state index in [9.17, 15) is 9.18 Å². The lowest BCUT2D eigenvalue weighted by Gasteiger charge is -2.12. The molecule has 2 heterocycles. The highest BCUT2D eigenvalue weighted by Gasteiger charge is 2.11. The minimum absolute atomic E-state index is 0.0895. The van der Waals surface area contributed by atoms with Crippen LogP contribution in [0.5, 0.6) is 11.5 Å². The van der Waals surface area contributed by atoms with Crippen molar-refractivity contribution in [2.24, 2.45) is 0 Å². The molecular formula is C25H19FN2O3S. The number of thiazole rings is 1. The standard InChI is InChI=1S/C25H19FN2O3S/c1-2-30-22-13-17(9-12-21(22)31-15-16-7-10-18(26)11-8-16)14-23-24(29)28-20-6-4-3-5-19(20)27-25(28)32-23/h3-14H,2,15H2,1H3/b23-14-. The molecule has 0 bridgehead atoms. The van der Waals surface area contributed by atoms with Gasteiger partial charge in [0, 0.05) is 0 Å². The fraction of sp³-hybridized carbons (Fsp3) is 0.120. The van der Waals surface area contributed by atoms with Crippen LogP contribution in [0, 0.1) is 5.82 Å². The fourth-order valence-electron chi connectivity index (χ4n) is 3.51. The first-order chi connectivity index (χ1) is 15.6. The summed E-state index contributed by atoms with van der Waals surface area (Å²) in [5, 5.41) is 0. The molecule has 7 heteroatoms. The molecule has 5 nitrogen and oxygen atoms in total. The Morgan fingerprint density at radius 3 is 2.66 bits per heavy atom. The number of hydrogen-bond acceptors (Lipinski definition) is 5. The van der Waals surface area contributed by atoms with Crippen molar-refractivity contribution in [3.63, 3.8) is 0 Å². The molecule has 0 aliphatic carbocycles. The molecule has 32 heavy (non-hydrogen) atoms. The summed E-state index contributed by atoms with van der Waals surface area (Å²) in [6.07, 6.45) is 1.84. The van der Waals surface area contributed by atoms with Crippen LogP contribution in [-0.4, -0.2) is 16.0 Å². The lowest BCUT2D eigenvalue weighted by molar-refractivity contribution is 0.269. The van der Waals surface area contributed by atoms with E-state index in [2.05, 4.69) is 4.98 Å². The van der Waals surface area contributed by atoms with E-state index in [0.29, 0.717) is 34.2 Å². The monoisotopic (exact) mass is 446 g/mol. The summed E-state index contributed by atoms with van der Waals surface area (Å²) >= 11 is 1.36. The number of benzene rings is 3. The summed E-state index contributed by atoms with van der Waals surface area (Å²) in [7, 11) is 0. The second kappa shape index (κ2) is 8.43. The van der Waals surface area contributed by atoms with Gasteiger partial charge >= 0.3 is 0 Å². The maximum Gasteiger partial charge on any atom is 0.274 e. The van der Waals surface area contributed by atoms with Crippen LogP contribution in [-0.2, 0) is 6.61 Å². The number of ether oxygens (including phenoxy) is 2. The number of hydrogen-bond donors (Lipinski definition) is 0. The predicted octanol–water partition coefficient (Wildman–Crippen LogP) is 4.57. The third-order valence-corrected chi connectivity index (χ3v) is 5.99. The van der Waals surface area contributed by atoms with Crippen molar-refractivity contribution in [3.05, 3.63) is 98.6 Å². The van der Waals surface area contributed by atoms with Gasteiger partial charge in [0.05, 0.1) is 22.2 Å². The van der Waals surface area contributed by atoms with Crippen LogP contribution in [0.25, 0.3) is 22.1 Å². The molecule has 3 aromatic carbocycles. The first-order valence-electron chi connectivity index (χ1n) is 10.2. The number of halogens is 1. The smallest absolute Gasteiger partial charge is 0.274 e. The second-order valence-corrected chi connectivity index (χ2v) is 8.20. The van der Waals surface area contributed by atoms with Crippen LogP contribution in [0.2, 0.25) is 0 Å². The van der Waals surface area contributed by atoms with Gasteiger partial charge in [-0.2, -0.15) is 0 Å². The molecule has 5 aromatic rings. The zero-order valence-electron chi connectivity index (χ0n) is 17.2. The van der Waals surface area contributed by atoms with Crippen LogP contribution in [0.3, 0.4) is 0 Å². The van der Waals surface area contributed by atoms with E-state index in [1.807, 2.05) is 55.5 Å². The zero-order valence-corrected chi connectivity index (χ0v) is 18.1. The summed E-state index contributed by atoms with van der Waals surface area (Å²) < 4.78 is 27.0. The van der Waals surface area contributed by atoms with Gasteiger partial charge < -0.3 is 9.47 Å². The van der Waals surface area contributed by atoms with E-state index in [4.69, 9.17) is 9.47 Å². The molecule has 0 aliphatic heterocycles. The number of imidazole rings is 1. The third kappa shape index (κ3) is 3.83. The summed E-state index contributed by atoms with van der Waals surface area (Å²) in [5.74, 6) is 0.889. The molecule has 0 saturated heterocycles. The van der Waals surface area contributed by atoms with Crippen molar-refractivity contribution in [1.82, 2.24) is 9.38 Å². The second-order valence-electron chi connectivity index (χ2n) is 7.19. The van der Waals surface area contributed by atoms with Crippen molar-refractivity contribution in [2.45, 2.75) is 13.5 Å². The molecule has 5 rings (SSSR count). The summed E-state index contributed by atoms with van der Waals surface area (Å²) in [6, 6.07) is 19.3. The number of para-hydroxylation sites is 2. The van der Waals surface area contributed by atoms with Gasteiger partial charge in [-0.05, 0) is 60.5 Å². The molecule has 0 fully saturated rings. The fourth-order valence-corrected chi connectivity index (χ4v) is 4.49. The molecular weight excluding hydrogens is 427 g/mol. The van der Waals surface area contributed by atoms with Gasteiger partial charge in [-0.3, -0.25) is 4.79 Å². The molecule has 0 radical (unpaired) electrons. The highest BCUT2D eigenvalue weighted by molar-refractivity contribution is 7.15. The van der Waals surface area contributed by atoms with Gasteiger partial charge in [0.2, 0.25) is 0 Å². The topological polar surface area (TPSA) is 52.8 Å². The SMILES string of the molecule is CCOc1cc(/C=c2\sc3nc4ccccc4n3c2=O)ccc1OCc1ccc(F)cc1. The Morgan fingerprint density at radius 2 is 1.84 bits per heavy atom. The number of rotatable bonds is 6. The Labute approximate surface area is 187 Å². The molecule has 160 valence electrons. The quantitative estimate of drug-likeness (QED) is 0.383. The molecule has 0 saturated carbocycles. The Morgan fingerprint density at radius 1 is 1.03 bits per heavy atom. The molecule has 2 aromatic heterocycles. The van der Waals surface area contributed by atoms with E-state index in [1.165, 1.54) is 23.5 Å². The maximum atomic E-state index is 13.1. The average Bonchev–Trinajstić information content (AvgIpc) is 3.31. The summed E-state index contributed by atoms with van der Waals surface area (Å²) in [6.45, 7) is 2.67. The lowest BCUT2D eigenvalue weighted by atomic mass is 10.2. The van der Waals surface area contributed by atoms with Gasteiger partial charge in [-0.25, -0.2) is 13.8 Å². The van der Waals surface area contributed by atoms with E-state index in [-0.39, 0.29) is 11.4 Å².